The van der Waals surface area contributed by atoms with Gasteiger partial charge in [0.1, 0.15) is 0 Å². The quantitative estimate of drug-likeness (QED) is 0.412. The Morgan fingerprint density at radius 1 is 1.07 bits per heavy atom. The van der Waals surface area contributed by atoms with Crippen LogP contribution in [0.4, 0.5) is 0 Å². The van der Waals surface area contributed by atoms with Crippen LogP contribution in [-0.2, 0) is 17.8 Å². The molecular weight excluding hydrogens is 394 g/mol. The topological polar surface area (TPSA) is 64.0 Å². The van der Waals surface area contributed by atoms with Gasteiger partial charge in [0, 0.05) is 12.6 Å². The summed E-state index contributed by atoms with van der Waals surface area (Å²) in [6, 6.07) is 17.7. The maximum absolute atomic E-state index is 12.9. The number of hydrogen-bond donors (Lipinski definition) is 1. The molecule has 0 saturated heterocycles. The molecule has 0 saturated carbocycles. The second-order valence-corrected chi connectivity index (χ2v) is 8.95. The van der Waals surface area contributed by atoms with Gasteiger partial charge >= 0.3 is 0 Å². The Morgan fingerprint density at radius 3 is 2.50 bits per heavy atom. The minimum Gasteiger partial charge on any atom is -0.353 e. The molecule has 0 fully saturated rings. The van der Waals surface area contributed by atoms with Crippen LogP contribution < -0.4 is 10.9 Å². The lowest BCUT2D eigenvalue weighted by atomic mass is 10.1. The van der Waals surface area contributed by atoms with Gasteiger partial charge in [-0.2, -0.15) is 0 Å². The Balaban J connectivity index is 1.64. The van der Waals surface area contributed by atoms with Crippen molar-refractivity contribution in [2.75, 3.05) is 5.75 Å². The van der Waals surface area contributed by atoms with Crippen molar-refractivity contribution in [3.05, 3.63) is 70.5 Å². The molecule has 158 valence electrons. The van der Waals surface area contributed by atoms with E-state index in [1.54, 1.807) is 10.6 Å². The molecule has 5 nitrogen and oxygen atoms in total. The molecule has 3 rings (SSSR count). The number of nitrogens with one attached hydrogen (secondary N) is 1. The van der Waals surface area contributed by atoms with Crippen molar-refractivity contribution in [3.8, 4) is 0 Å². The molecule has 2 aromatic carbocycles. The summed E-state index contributed by atoms with van der Waals surface area (Å²) >= 11 is 1.32. The number of aromatic nitrogens is 2. The van der Waals surface area contributed by atoms with Crippen LogP contribution in [0.3, 0.4) is 0 Å². The lowest BCUT2D eigenvalue weighted by molar-refractivity contribution is -0.119. The number of para-hydroxylation sites is 1. The fraction of sp³-hybridized carbons (Fsp3) is 0.375. The zero-order valence-corrected chi connectivity index (χ0v) is 18.6. The van der Waals surface area contributed by atoms with E-state index in [9.17, 15) is 9.59 Å². The number of hydrogen-bond acceptors (Lipinski definition) is 4. The zero-order valence-electron chi connectivity index (χ0n) is 17.8. The van der Waals surface area contributed by atoms with E-state index in [4.69, 9.17) is 0 Å². The Hall–Kier alpha value is -2.60. The summed E-state index contributed by atoms with van der Waals surface area (Å²) < 4.78 is 1.70. The van der Waals surface area contributed by atoms with E-state index in [0.29, 0.717) is 28.5 Å². The third-order valence-electron chi connectivity index (χ3n) is 4.82. The Morgan fingerprint density at radius 2 is 1.77 bits per heavy atom. The average molecular weight is 424 g/mol. The molecule has 1 amide bonds. The SMILES string of the molecule is CC(C)Cn1c(SCC(=O)N[C@H](C)CCc2ccccc2)nc2ccccc2c1=O. The molecule has 3 aromatic rings. The highest BCUT2D eigenvalue weighted by Gasteiger charge is 2.15. The first kappa shape index (κ1) is 22.1. The summed E-state index contributed by atoms with van der Waals surface area (Å²) in [4.78, 5) is 30.1. The fourth-order valence-electron chi connectivity index (χ4n) is 3.33. The van der Waals surface area contributed by atoms with Crippen molar-refractivity contribution >= 4 is 28.6 Å². The lowest BCUT2D eigenvalue weighted by Gasteiger charge is -2.16. The number of carbonyl (C=O) groups is 1. The van der Waals surface area contributed by atoms with E-state index >= 15 is 0 Å². The molecular formula is C24H29N3O2S. The van der Waals surface area contributed by atoms with Gasteiger partial charge in [0.15, 0.2) is 5.16 Å². The van der Waals surface area contributed by atoms with Crippen molar-refractivity contribution in [2.45, 2.75) is 51.4 Å². The molecule has 0 bridgehead atoms. The van der Waals surface area contributed by atoms with Crippen LogP contribution in [0.25, 0.3) is 10.9 Å². The predicted octanol–water partition coefficient (Wildman–Crippen LogP) is 4.28. The average Bonchev–Trinajstić information content (AvgIpc) is 2.73. The molecule has 1 aromatic heterocycles. The molecule has 30 heavy (non-hydrogen) atoms. The Labute approximate surface area is 181 Å². The zero-order chi connectivity index (χ0) is 21.5. The van der Waals surface area contributed by atoms with Crippen molar-refractivity contribution in [3.63, 3.8) is 0 Å². The van der Waals surface area contributed by atoms with Crippen LogP contribution in [0, 0.1) is 5.92 Å². The van der Waals surface area contributed by atoms with Crippen LogP contribution in [-0.4, -0.2) is 27.3 Å². The van der Waals surface area contributed by atoms with Gasteiger partial charge in [0.05, 0.1) is 16.7 Å². The normalized spacial score (nSPS) is 12.3. The Kier molecular flexibility index (Phi) is 7.69. The molecule has 0 aliphatic rings. The number of fused-ring (bicyclic) bond motifs is 1. The highest BCUT2D eigenvalue weighted by atomic mass is 32.2. The number of aryl methyl sites for hydroxylation is 1. The number of amides is 1. The third-order valence-corrected chi connectivity index (χ3v) is 5.80. The van der Waals surface area contributed by atoms with E-state index in [-0.39, 0.29) is 23.3 Å². The number of nitrogens with zero attached hydrogens (tertiary/aromatic N) is 2. The molecule has 0 radical (unpaired) electrons. The first-order valence-corrected chi connectivity index (χ1v) is 11.4. The first-order chi connectivity index (χ1) is 14.4. The van der Waals surface area contributed by atoms with Gasteiger partial charge in [0.25, 0.3) is 5.56 Å². The molecule has 1 heterocycles. The molecule has 0 spiro atoms. The largest absolute Gasteiger partial charge is 0.353 e. The van der Waals surface area contributed by atoms with Gasteiger partial charge < -0.3 is 5.32 Å². The molecule has 0 aliphatic heterocycles. The second-order valence-electron chi connectivity index (χ2n) is 8.00. The molecule has 1 N–H and O–H groups in total. The molecule has 1 atom stereocenters. The van der Waals surface area contributed by atoms with Gasteiger partial charge in [-0.05, 0) is 43.4 Å². The number of rotatable bonds is 9. The number of benzene rings is 2. The molecule has 6 heteroatoms. The van der Waals surface area contributed by atoms with Gasteiger partial charge in [-0.3, -0.25) is 14.2 Å². The van der Waals surface area contributed by atoms with Crippen LogP contribution >= 0.6 is 11.8 Å². The summed E-state index contributed by atoms with van der Waals surface area (Å²) in [5.74, 6) is 0.495. The summed E-state index contributed by atoms with van der Waals surface area (Å²) in [6.07, 6.45) is 1.81. The van der Waals surface area contributed by atoms with Crippen molar-refractivity contribution in [1.82, 2.24) is 14.9 Å². The number of thioether (sulfide) groups is 1. The van der Waals surface area contributed by atoms with Gasteiger partial charge in [-0.15, -0.1) is 0 Å². The third kappa shape index (κ3) is 5.95. The summed E-state index contributed by atoms with van der Waals surface area (Å²) in [6.45, 7) is 6.73. The van der Waals surface area contributed by atoms with Crippen LogP contribution in [0.5, 0.6) is 0 Å². The van der Waals surface area contributed by atoms with E-state index in [1.165, 1.54) is 17.3 Å². The Bertz CT molecular complexity index is 1050. The number of carbonyl (C=O) groups excluding carboxylic acids is 1. The summed E-state index contributed by atoms with van der Waals surface area (Å²) in [5.41, 5.74) is 1.89. The van der Waals surface area contributed by atoms with Gasteiger partial charge in [-0.1, -0.05) is 68.1 Å². The second kappa shape index (κ2) is 10.4. The van der Waals surface area contributed by atoms with E-state index in [0.717, 1.165) is 12.8 Å². The molecule has 0 aliphatic carbocycles. The fourth-order valence-corrected chi connectivity index (χ4v) is 4.15. The van der Waals surface area contributed by atoms with Crippen LogP contribution in [0.1, 0.15) is 32.8 Å². The van der Waals surface area contributed by atoms with Crippen LogP contribution in [0.2, 0.25) is 0 Å². The van der Waals surface area contributed by atoms with Crippen LogP contribution in [0.15, 0.2) is 64.5 Å². The van der Waals surface area contributed by atoms with Gasteiger partial charge in [0.2, 0.25) is 5.91 Å². The van der Waals surface area contributed by atoms with E-state index in [1.807, 2.05) is 43.3 Å². The molecule has 0 unspecified atom stereocenters. The van der Waals surface area contributed by atoms with E-state index < -0.39 is 0 Å². The first-order valence-electron chi connectivity index (χ1n) is 10.4. The minimum atomic E-state index is -0.0477. The van der Waals surface area contributed by atoms with E-state index in [2.05, 4.69) is 36.3 Å². The minimum absolute atomic E-state index is 0.0425. The highest BCUT2D eigenvalue weighted by Crippen LogP contribution is 2.19. The van der Waals surface area contributed by atoms with Crippen molar-refractivity contribution in [2.24, 2.45) is 5.92 Å². The highest BCUT2D eigenvalue weighted by molar-refractivity contribution is 7.99. The maximum Gasteiger partial charge on any atom is 0.262 e. The van der Waals surface area contributed by atoms with Crippen molar-refractivity contribution < 1.29 is 4.79 Å². The lowest BCUT2D eigenvalue weighted by Crippen LogP contribution is -2.34. The standard InChI is InChI=1S/C24H29N3O2S/c1-17(2)15-27-23(29)20-11-7-8-12-21(20)26-24(27)30-16-22(28)25-18(3)13-14-19-9-5-4-6-10-19/h4-12,17-18H,13-16H2,1-3H3,(H,25,28)/t18-/m1/s1. The summed E-state index contributed by atoms with van der Waals surface area (Å²) in [7, 11) is 0. The predicted molar refractivity (Wildman–Crippen MR) is 124 cm³/mol. The van der Waals surface area contributed by atoms with Crippen molar-refractivity contribution in [1.29, 1.82) is 0 Å². The monoisotopic (exact) mass is 423 g/mol. The smallest absolute Gasteiger partial charge is 0.262 e. The van der Waals surface area contributed by atoms with Gasteiger partial charge in [-0.25, -0.2) is 4.98 Å². The maximum atomic E-state index is 12.9. The summed E-state index contributed by atoms with van der Waals surface area (Å²) in [5, 5.41) is 4.27.